The Balaban J connectivity index is 1.21. The predicted octanol–water partition coefficient (Wildman–Crippen LogP) is 6.02. The normalized spacial score (nSPS) is 43.9. The molecule has 300 valence electrons. The quantitative estimate of drug-likeness (QED) is 0.193. The average Bonchev–Trinajstić information content (AvgIpc) is 3.71. The van der Waals surface area contributed by atoms with Crippen molar-refractivity contribution >= 4 is 11.8 Å². The van der Waals surface area contributed by atoms with E-state index in [1.165, 1.54) is 5.57 Å². The molecule has 1 saturated carbocycles. The second-order valence-corrected chi connectivity index (χ2v) is 16.8. The number of hydrogen-bond acceptors (Lipinski definition) is 11. The Hall–Kier alpha value is -1.70. The van der Waals surface area contributed by atoms with E-state index in [-0.39, 0.29) is 90.9 Å². The zero-order chi connectivity index (χ0) is 38.0. The molecule has 4 fully saturated rings. The lowest BCUT2D eigenvalue weighted by Gasteiger charge is -2.45. The minimum absolute atomic E-state index is 0.0450. The van der Waals surface area contributed by atoms with Crippen molar-refractivity contribution in [2.24, 2.45) is 29.6 Å². The maximum atomic E-state index is 14.4. The zero-order valence-corrected chi connectivity index (χ0v) is 33.7. The average molecular weight is 746 g/mol. The predicted molar refractivity (Wildman–Crippen MR) is 199 cm³/mol. The Morgan fingerprint density at radius 3 is 2.21 bits per heavy atom. The highest BCUT2D eigenvalue weighted by Gasteiger charge is 2.53. The van der Waals surface area contributed by atoms with Gasteiger partial charge in [-0.2, -0.15) is 0 Å². The molecular weight excluding hydrogens is 678 g/mol. The van der Waals surface area contributed by atoms with Crippen LogP contribution < -0.4 is 0 Å². The number of hydrogen-bond donors (Lipinski definition) is 0. The largest absolute Gasteiger partial charge is 0.462 e. The summed E-state index contributed by atoms with van der Waals surface area (Å²) in [6.45, 7) is 8.47. The Kier molecular flexibility index (Phi) is 13.9. The van der Waals surface area contributed by atoms with Crippen molar-refractivity contribution in [1.29, 1.82) is 0 Å². The first kappa shape index (κ1) is 40.9. The third kappa shape index (κ3) is 8.83. The topological polar surface area (TPSA) is 111 Å². The number of nitrogens with zero attached hydrogens (tertiary/aromatic N) is 1. The van der Waals surface area contributed by atoms with Gasteiger partial charge in [-0.15, -0.1) is 0 Å². The molecule has 3 heterocycles. The molecule has 6 rings (SSSR count). The van der Waals surface area contributed by atoms with Crippen LogP contribution in [0.3, 0.4) is 0 Å². The van der Waals surface area contributed by atoms with Gasteiger partial charge in [0.2, 0.25) is 0 Å². The SMILES string of the molecule is CCC1CCCC(OC2CC[C@@H](N(C)C)[C@@H](C)O2)CC(=O)C2=CC3C(C=C(C)C4CC(OC5O[C@@H](CC)C(OC)C(OC)C5OC)CC43)C2CC(=O)O1. The second kappa shape index (κ2) is 18.0. The molecule has 0 radical (unpaired) electrons. The van der Waals surface area contributed by atoms with Crippen molar-refractivity contribution in [1.82, 2.24) is 4.90 Å². The summed E-state index contributed by atoms with van der Waals surface area (Å²) in [6, 6.07) is 0.344. The van der Waals surface area contributed by atoms with E-state index in [0.29, 0.717) is 18.4 Å². The zero-order valence-electron chi connectivity index (χ0n) is 33.7. The fourth-order valence-electron chi connectivity index (χ4n) is 10.7. The van der Waals surface area contributed by atoms with E-state index in [9.17, 15) is 9.59 Å². The summed E-state index contributed by atoms with van der Waals surface area (Å²) >= 11 is 0. The van der Waals surface area contributed by atoms with E-state index < -0.39 is 12.4 Å². The minimum Gasteiger partial charge on any atom is -0.462 e. The molecule has 0 amide bonds. The molecule has 0 aromatic heterocycles. The van der Waals surface area contributed by atoms with Crippen molar-refractivity contribution in [2.45, 2.75) is 166 Å². The summed E-state index contributed by atoms with van der Waals surface area (Å²) in [6.07, 6.45) is 9.85. The number of ether oxygens (including phenoxy) is 8. The first-order valence-corrected chi connectivity index (χ1v) is 20.5. The van der Waals surface area contributed by atoms with Crippen molar-refractivity contribution in [3.8, 4) is 0 Å². The molecule has 3 aliphatic carbocycles. The fraction of sp³-hybridized carbons (Fsp3) is 0.857. The number of carbonyl (C=O) groups excluding carboxylic acids is 2. The summed E-state index contributed by atoms with van der Waals surface area (Å²) in [5.74, 6) is 0.432. The van der Waals surface area contributed by atoms with Crippen molar-refractivity contribution in [2.75, 3.05) is 35.4 Å². The smallest absolute Gasteiger partial charge is 0.306 e. The van der Waals surface area contributed by atoms with Crippen LogP contribution >= 0.6 is 0 Å². The lowest BCUT2D eigenvalue weighted by Crippen LogP contribution is -2.60. The van der Waals surface area contributed by atoms with Gasteiger partial charge in [0.1, 0.15) is 24.4 Å². The van der Waals surface area contributed by atoms with Gasteiger partial charge in [0.15, 0.2) is 18.4 Å². The van der Waals surface area contributed by atoms with Gasteiger partial charge >= 0.3 is 5.97 Å². The highest BCUT2D eigenvalue weighted by Crippen LogP contribution is 2.56. The molecule has 16 atom stereocenters. The fourth-order valence-corrected chi connectivity index (χ4v) is 10.7. The van der Waals surface area contributed by atoms with Crippen LogP contribution in [-0.2, 0) is 47.5 Å². The Morgan fingerprint density at radius 2 is 1.55 bits per heavy atom. The van der Waals surface area contributed by atoms with E-state index >= 15 is 0 Å². The van der Waals surface area contributed by atoms with E-state index in [1.807, 2.05) is 0 Å². The molecule has 11 heteroatoms. The molecule has 53 heavy (non-hydrogen) atoms. The number of methoxy groups -OCH3 is 3. The molecule has 0 spiro atoms. The summed E-state index contributed by atoms with van der Waals surface area (Å²) in [5.41, 5.74) is 2.08. The number of esters is 1. The number of ketones is 1. The van der Waals surface area contributed by atoms with Crippen LogP contribution in [0.5, 0.6) is 0 Å². The third-order valence-electron chi connectivity index (χ3n) is 13.5. The molecule has 0 bridgehead atoms. The monoisotopic (exact) mass is 745 g/mol. The van der Waals surface area contributed by atoms with Crippen molar-refractivity contribution in [3.05, 3.63) is 23.3 Å². The summed E-state index contributed by atoms with van der Waals surface area (Å²) in [7, 11) is 9.20. The molecule has 3 aliphatic heterocycles. The van der Waals surface area contributed by atoms with Gasteiger partial charge in [-0.25, -0.2) is 0 Å². The molecule has 3 saturated heterocycles. The molecule has 13 unspecified atom stereocenters. The number of cyclic esters (lactones) is 1. The number of allylic oxidation sites excluding steroid dienone is 4. The number of carbonyl (C=O) groups is 2. The first-order chi connectivity index (χ1) is 25.5. The van der Waals surface area contributed by atoms with Crippen LogP contribution in [0.25, 0.3) is 0 Å². The molecule has 0 aromatic rings. The molecule has 0 aromatic carbocycles. The maximum Gasteiger partial charge on any atom is 0.306 e. The number of likely N-dealkylation sites (N-methyl/N-ethyl adjacent to an activating group) is 1. The molecule has 0 N–H and O–H groups in total. The Labute approximate surface area is 317 Å². The van der Waals surface area contributed by atoms with Gasteiger partial charge in [-0.1, -0.05) is 31.6 Å². The van der Waals surface area contributed by atoms with E-state index in [2.05, 4.69) is 58.8 Å². The van der Waals surface area contributed by atoms with Crippen LogP contribution in [0.2, 0.25) is 0 Å². The molecule has 11 nitrogen and oxygen atoms in total. The number of Topliss-reactive ketones (excluding diaryl/α,β-unsaturated/α-hetero) is 1. The number of fused-ring (bicyclic) bond motifs is 5. The van der Waals surface area contributed by atoms with Gasteiger partial charge in [-0.05, 0) is 115 Å². The van der Waals surface area contributed by atoms with Gasteiger partial charge in [-0.3, -0.25) is 9.59 Å². The molecule has 6 aliphatic rings. The first-order valence-electron chi connectivity index (χ1n) is 20.5. The number of rotatable bonds is 10. The second-order valence-electron chi connectivity index (χ2n) is 16.8. The third-order valence-corrected chi connectivity index (χ3v) is 13.5. The Bertz CT molecular complexity index is 1320. The van der Waals surface area contributed by atoms with Gasteiger partial charge in [0, 0.05) is 39.7 Å². The van der Waals surface area contributed by atoms with Gasteiger partial charge in [0.25, 0.3) is 0 Å². The van der Waals surface area contributed by atoms with E-state index in [0.717, 1.165) is 63.4 Å². The van der Waals surface area contributed by atoms with Crippen LogP contribution in [-0.4, -0.2) is 120 Å². The van der Waals surface area contributed by atoms with Gasteiger partial charge in [0.05, 0.1) is 30.8 Å². The maximum absolute atomic E-state index is 14.4. The summed E-state index contributed by atoms with van der Waals surface area (Å²) in [4.78, 5) is 30.2. The highest BCUT2D eigenvalue weighted by atomic mass is 16.7. The van der Waals surface area contributed by atoms with Crippen molar-refractivity contribution < 1.29 is 47.5 Å². The van der Waals surface area contributed by atoms with Crippen LogP contribution in [0.4, 0.5) is 0 Å². The standard InChI is InChI=1S/C42H67NO10/c1-10-25-13-12-14-26(51-38-16-15-34(43(5)6)24(4)49-38)20-35(44)33-21-31-29(32(33)22-37(45)50-25)17-23(3)28-18-27(19-30(28)31)52-42-41(48-9)40(47-8)39(46-7)36(11-2)53-42/h17,21,24-32,34,36,38-42H,10-16,18-20,22H2,1-9H3/t24-,25?,26?,27?,28?,29?,30?,31?,32?,34-,36+,38?,39?,40?,41?,42?/m1/s1. The van der Waals surface area contributed by atoms with Crippen LogP contribution in [0.1, 0.15) is 98.3 Å². The highest BCUT2D eigenvalue weighted by molar-refractivity contribution is 5.97. The molecular formula is C42H67NO10. The van der Waals surface area contributed by atoms with Crippen LogP contribution in [0, 0.1) is 29.6 Å². The lowest BCUT2D eigenvalue weighted by molar-refractivity contribution is -0.317. The van der Waals surface area contributed by atoms with Gasteiger partial charge < -0.3 is 42.8 Å². The van der Waals surface area contributed by atoms with E-state index in [1.54, 1.807) is 21.3 Å². The summed E-state index contributed by atoms with van der Waals surface area (Å²) in [5, 5.41) is 0. The van der Waals surface area contributed by atoms with E-state index in [4.69, 9.17) is 37.9 Å². The Morgan fingerprint density at radius 1 is 0.792 bits per heavy atom. The van der Waals surface area contributed by atoms with Crippen molar-refractivity contribution in [3.63, 3.8) is 0 Å². The lowest BCUT2D eigenvalue weighted by atomic mass is 9.67. The minimum atomic E-state index is -0.590. The van der Waals surface area contributed by atoms with Crippen LogP contribution in [0.15, 0.2) is 23.3 Å². The summed E-state index contributed by atoms with van der Waals surface area (Å²) < 4.78 is 49.9.